The van der Waals surface area contributed by atoms with Gasteiger partial charge in [-0.05, 0) is 41.9 Å². The number of phenolic OH excluding ortho intramolecular Hbond substituents is 3. The Hall–Kier alpha value is -3.46. The van der Waals surface area contributed by atoms with E-state index in [9.17, 15) is 30.0 Å². The average molecular weight is 415 g/mol. The number of carboxylic acid groups (broad SMARTS) is 1. The van der Waals surface area contributed by atoms with E-state index in [0.717, 1.165) is 0 Å². The summed E-state index contributed by atoms with van der Waals surface area (Å²) in [4.78, 5) is 25.6. The summed E-state index contributed by atoms with van der Waals surface area (Å²) < 4.78 is 10.8. The minimum atomic E-state index is -1.19. The van der Waals surface area contributed by atoms with Crippen molar-refractivity contribution < 1.29 is 39.5 Å². The molecule has 2 aromatic carbocycles. The maximum atomic E-state index is 13.3. The lowest BCUT2D eigenvalue weighted by Gasteiger charge is -2.37. The van der Waals surface area contributed by atoms with Crippen LogP contribution in [0.15, 0.2) is 24.3 Å². The number of hydrogen-bond donors (Lipinski definition) is 5. The molecule has 2 aromatic rings. The molecule has 1 heterocycles. The highest BCUT2D eigenvalue weighted by Gasteiger charge is 2.47. The van der Waals surface area contributed by atoms with E-state index in [0.29, 0.717) is 29.2 Å². The second kappa shape index (κ2) is 7.42. The highest BCUT2D eigenvalue weighted by atomic mass is 16.7. The predicted octanol–water partition coefficient (Wildman–Crippen LogP) is 1.79. The van der Waals surface area contributed by atoms with Crippen LogP contribution in [-0.2, 0) is 4.79 Å². The Morgan fingerprint density at radius 3 is 2.33 bits per heavy atom. The SMILES string of the molecule is CCNC[C@@H]1C(=O)c2cc3c(cc2[C@@H](c2cc(O)c(O)c(O)c2)[C@@H]1C(=O)O)OCO3. The fourth-order valence-electron chi connectivity index (χ4n) is 4.24. The molecular formula is C21H21NO8. The minimum Gasteiger partial charge on any atom is -0.504 e. The third-order valence-electron chi connectivity index (χ3n) is 5.63. The molecule has 5 N–H and O–H groups in total. The van der Waals surface area contributed by atoms with Crippen molar-refractivity contribution in [2.75, 3.05) is 19.9 Å². The Morgan fingerprint density at radius 2 is 1.73 bits per heavy atom. The Morgan fingerprint density at radius 1 is 1.10 bits per heavy atom. The van der Waals surface area contributed by atoms with Gasteiger partial charge < -0.3 is 35.2 Å². The number of carboxylic acids is 1. The molecule has 0 amide bonds. The number of ketones is 1. The minimum absolute atomic E-state index is 0.0128. The first-order valence-corrected chi connectivity index (χ1v) is 9.49. The topological polar surface area (TPSA) is 146 Å². The summed E-state index contributed by atoms with van der Waals surface area (Å²) in [6, 6.07) is 5.51. The largest absolute Gasteiger partial charge is 0.504 e. The maximum absolute atomic E-state index is 13.3. The van der Waals surface area contributed by atoms with Gasteiger partial charge in [0.05, 0.1) is 5.92 Å². The van der Waals surface area contributed by atoms with Crippen molar-refractivity contribution in [3.05, 3.63) is 41.0 Å². The molecule has 3 atom stereocenters. The number of phenols is 3. The fourth-order valence-corrected chi connectivity index (χ4v) is 4.24. The van der Waals surface area contributed by atoms with Crippen LogP contribution in [0.1, 0.15) is 34.3 Å². The van der Waals surface area contributed by atoms with Gasteiger partial charge in [0, 0.05) is 23.9 Å². The van der Waals surface area contributed by atoms with Crippen molar-refractivity contribution >= 4 is 11.8 Å². The number of rotatable bonds is 5. The van der Waals surface area contributed by atoms with Crippen LogP contribution in [0.3, 0.4) is 0 Å². The molecule has 1 aliphatic carbocycles. The van der Waals surface area contributed by atoms with Gasteiger partial charge in [-0.2, -0.15) is 0 Å². The van der Waals surface area contributed by atoms with Crippen molar-refractivity contribution in [1.82, 2.24) is 5.32 Å². The highest BCUT2D eigenvalue weighted by Crippen LogP contribution is 2.50. The lowest BCUT2D eigenvalue weighted by atomic mass is 9.65. The first kappa shape index (κ1) is 19.8. The summed E-state index contributed by atoms with van der Waals surface area (Å²) in [7, 11) is 0. The zero-order chi connectivity index (χ0) is 21.6. The quantitative estimate of drug-likeness (QED) is 0.461. The molecular weight excluding hydrogens is 394 g/mol. The number of Topliss-reactive ketones (excluding diaryl/α,β-unsaturated/α-hetero) is 1. The summed E-state index contributed by atoms with van der Waals surface area (Å²) >= 11 is 0. The van der Waals surface area contributed by atoms with E-state index in [1.54, 1.807) is 12.1 Å². The Bertz CT molecular complexity index is 1010. The molecule has 158 valence electrons. The van der Waals surface area contributed by atoms with Crippen LogP contribution in [0.4, 0.5) is 0 Å². The number of aromatic hydroxyl groups is 3. The van der Waals surface area contributed by atoms with Gasteiger partial charge in [0.25, 0.3) is 0 Å². The van der Waals surface area contributed by atoms with Crippen molar-refractivity contribution in [3.63, 3.8) is 0 Å². The van der Waals surface area contributed by atoms with Crippen molar-refractivity contribution in [3.8, 4) is 28.7 Å². The van der Waals surface area contributed by atoms with Gasteiger partial charge in [0.2, 0.25) is 6.79 Å². The molecule has 0 aromatic heterocycles. The molecule has 0 saturated carbocycles. The number of carbonyl (C=O) groups excluding carboxylic acids is 1. The maximum Gasteiger partial charge on any atom is 0.308 e. The predicted molar refractivity (Wildman–Crippen MR) is 103 cm³/mol. The number of fused-ring (bicyclic) bond motifs is 2. The van der Waals surface area contributed by atoms with Crippen LogP contribution >= 0.6 is 0 Å². The molecule has 1 aliphatic heterocycles. The molecule has 0 unspecified atom stereocenters. The number of ether oxygens (including phenoxy) is 2. The van der Waals surface area contributed by atoms with Crippen LogP contribution in [0.2, 0.25) is 0 Å². The molecule has 30 heavy (non-hydrogen) atoms. The Balaban J connectivity index is 1.96. The number of aliphatic carboxylic acids is 1. The zero-order valence-corrected chi connectivity index (χ0v) is 16.1. The molecule has 2 aliphatic rings. The van der Waals surface area contributed by atoms with E-state index in [1.807, 2.05) is 6.92 Å². The van der Waals surface area contributed by atoms with E-state index in [-0.39, 0.29) is 24.7 Å². The van der Waals surface area contributed by atoms with Crippen LogP contribution in [-0.4, -0.2) is 52.1 Å². The van der Waals surface area contributed by atoms with Gasteiger partial charge in [-0.3, -0.25) is 9.59 Å². The van der Waals surface area contributed by atoms with Crippen molar-refractivity contribution in [1.29, 1.82) is 0 Å². The first-order valence-electron chi connectivity index (χ1n) is 9.49. The summed E-state index contributed by atoms with van der Waals surface area (Å²) in [5.74, 6) is -5.56. The lowest BCUT2D eigenvalue weighted by Crippen LogP contribution is -2.44. The normalized spacial score (nSPS) is 22.0. The third-order valence-corrected chi connectivity index (χ3v) is 5.63. The number of benzene rings is 2. The Kier molecular flexibility index (Phi) is 4.90. The molecule has 9 nitrogen and oxygen atoms in total. The van der Waals surface area contributed by atoms with Crippen molar-refractivity contribution in [2.45, 2.75) is 12.8 Å². The van der Waals surface area contributed by atoms with E-state index in [4.69, 9.17) is 9.47 Å². The summed E-state index contributed by atoms with van der Waals surface area (Å²) in [6.45, 7) is 2.53. The summed E-state index contributed by atoms with van der Waals surface area (Å²) in [5, 5.41) is 42.9. The summed E-state index contributed by atoms with van der Waals surface area (Å²) in [6.07, 6.45) is 0. The number of nitrogens with one attached hydrogen (secondary N) is 1. The van der Waals surface area contributed by atoms with Gasteiger partial charge in [-0.1, -0.05) is 6.92 Å². The van der Waals surface area contributed by atoms with E-state index >= 15 is 0 Å². The molecule has 0 spiro atoms. The molecule has 9 heteroatoms. The average Bonchev–Trinajstić information content (AvgIpc) is 3.17. The molecule has 0 saturated heterocycles. The van der Waals surface area contributed by atoms with Crippen LogP contribution in [0, 0.1) is 11.8 Å². The van der Waals surface area contributed by atoms with Crippen LogP contribution in [0.25, 0.3) is 0 Å². The highest BCUT2D eigenvalue weighted by molar-refractivity contribution is 6.04. The van der Waals surface area contributed by atoms with Gasteiger partial charge in [0.1, 0.15) is 0 Å². The first-order chi connectivity index (χ1) is 14.3. The van der Waals surface area contributed by atoms with Gasteiger partial charge in [0.15, 0.2) is 34.5 Å². The molecule has 4 rings (SSSR count). The van der Waals surface area contributed by atoms with E-state index < -0.39 is 41.0 Å². The van der Waals surface area contributed by atoms with Crippen LogP contribution < -0.4 is 14.8 Å². The fraction of sp³-hybridized carbons (Fsp3) is 0.333. The lowest BCUT2D eigenvalue weighted by molar-refractivity contribution is -0.143. The number of hydrogen-bond acceptors (Lipinski definition) is 8. The van der Waals surface area contributed by atoms with Crippen molar-refractivity contribution in [2.24, 2.45) is 11.8 Å². The zero-order valence-electron chi connectivity index (χ0n) is 16.1. The second-order valence-corrected chi connectivity index (χ2v) is 7.32. The monoisotopic (exact) mass is 415 g/mol. The molecule has 0 fully saturated rings. The van der Waals surface area contributed by atoms with E-state index in [2.05, 4.69) is 5.32 Å². The number of carbonyl (C=O) groups is 2. The van der Waals surface area contributed by atoms with Crippen LogP contribution in [0.5, 0.6) is 28.7 Å². The molecule has 0 radical (unpaired) electrons. The summed E-state index contributed by atoms with van der Waals surface area (Å²) in [5.41, 5.74) is 0.954. The van der Waals surface area contributed by atoms with Gasteiger partial charge in [-0.15, -0.1) is 0 Å². The van der Waals surface area contributed by atoms with Gasteiger partial charge in [-0.25, -0.2) is 0 Å². The second-order valence-electron chi connectivity index (χ2n) is 7.32. The standard InChI is InChI=1S/C21H21NO8/c1-2-22-7-12-18(21(27)28)17(9-3-13(23)20(26)14(24)4-9)10-5-15-16(30-8-29-15)6-11(10)19(12)25/h3-6,12,17-18,22-24,26H,2,7-8H2,1H3,(H,27,28)/t12-,17+,18+/m0/s1. The van der Waals surface area contributed by atoms with E-state index in [1.165, 1.54) is 12.1 Å². The third kappa shape index (κ3) is 3.07. The Labute approximate surface area is 171 Å². The molecule has 0 bridgehead atoms. The smallest absolute Gasteiger partial charge is 0.308 e. The van der Waals surface area contributed by atoms with Gasteiger partial charge >= 0.3 is 5.97 Å².